The third-order valence-corrected chi connectivity index (χ3v) is 7.63. The lowest BCUT2D eigenvalue weighted by molar-refractivity contribution is -0.299. The van der Waals surface area contributed by atoms with E-state index < -0.39 is 5.97 Å². The van der Waals surface area contributed by atoms with Crippen LogP contribution < -0.4 is 14.6 Å². The number of halogens is 1. The van der Waals surface area contributed by atoms with E-state index in [1.165, 1.54) is 26.2 Å². The average Bonchev–Trinajstić information content (AvgIpc) is 3.40. The maximum Gasteiger partial charge on any atom is 0.119 e. The fourth-order valence-electron chi connectivity index (χ4n) is 5.19. The van der Waals surface area contributed by atoms with Gasteiger partial charge in [-0.3, -0.25) is 4.68 Å². The van der Waals surface area contributed by atoms with Crippen LogP contribution in [0.3, 0.4) is 0 Å². The predicted molar refractivity (Wildman–Crippen MR) is 156 cm³/mol. The van der Waals surface area contributed by atoms with Gasteiger partial charge in [-0.15, -0.1) is 0 Å². The van der Waals surface area contributed by atoms with E-state index in [2.05, 4.69) is 4.68 Å². The molecule has 0 atom stereocenters. The Balaban J connectivity index is 1.39. The van der Waals surface area contributed by atoms with Crippen LogP contribution in [0.5, 0.6) is 11.5 Å². The summed E-state index contributed by atoms with van der Waals surface area (Å²) < 4.78 is 13.7. The van der Waals surface area contributed by atoms with Crippen molar-refractivity contribution in [1.82, 2.24) is 9.78 Å². The summed E-state index contributed by atoms with van der Waals surface area (Å²) in [4.78, 5) is 11.3. The number of carbonyl (C=O) groups is 1. The molecule has 0 aliphatic heterocycles. The number of nitrogens with zero attached hydrogens (tertiary/aromatic N) is 2. The molecule has 1 aliphatic carbocycles. The Hall–Kier alpha value is -4.03. The lowest BCUT2D eigenvalue weighted by Gasteiger charge is -2.24. The third-order valence-electron chi connectivity index (χ3n) is 7.37. The van der Waals surface area contributed by atoms with Crippen molar-refractivity contribution in [3.63, 3.8) is 0 Å². The highest BCUT2D eigenvalue weighted by Crippen LogP contribution is 2.34. The van der Waals surface area contributed by atoms with Crippen molar-refractivity contribution in [2.75, 3.05) is 7.11 Å². The smallest absolute Gasteiger partial charge is 0.119 e. The van der Waals surface area contributed by atoms with Gasteiger partial charge in [-0.05, 0) is 97.1 Å². The van der Waals surface area contributed by atoms with Gasteiger partial charge in [-0.25, -0.2) is 0 Å². The van der Waals surface area contributed by atoms with Crippen molar-refractivity contribution in [2.24, 2.45) is 0 Å². The molecule has 1 aliphatic rings. The molecule has 0 N–H and O–H groups in total. The number of methoxy groups -OCH3 is 1. The molecule has 0 radical (unpaired) electrons. The van der Waals surface area contributed by atoms with Crippen LogP contribution in [0.15, 0.2) is 78.4 Å². The van der Waals surface area contributed by atoms with E-state index in [0.717, 1.165) is 52.3 Å². The van der Waals surface area contributed by atoms with Gasteiger partial charge in [-0.1, -0.05) is 49.1 Å². The van der Waals surface area contributed by atoms with Crippen molar-refractivity contribution in [3.05, 3.63) is 94.6 Å². The van der Waals surface area contributed by atoms with E-state index >= 15 is 0 Å². The lowest BCUT2D eigenvalue weighted by Crippen LogP contribution is -2.22. The Morgan fingerprint density at radius 2 is 1.65 bits per heavy atom. The van der Waals surface area contributed by atoms with Gasteiger partial charge in [0.2, 0.25) is 0 Å². The third kappa shape index (κ3) is 6.40. The quantitative estimate of drug-likeness (QED) is 0.206. The molecule has 0 amide bonds. The second-order valence-electron chi connectivity index (χ2n) is 10.1. The summed E-state index contributed by atoms with van der Waals surface area (Å²) >= 11 is 6.10. The van der Waals surface area contributed by atoms with Gasteiger partial charge >= 0.3 is 0 Å². The fraction of sp³-hybridized carbons (Fsp3) is 0.273. The Kier molecular flexibility index (Phi) is 8.56. The number of ether oxygens (including phenoxy) is 2. The first kappa shape index (κ1) is 27.5. The highest BCUT2D eigenvalue weighted by molar-refractivity contribution is 6.30. The molecule has 0 spiro atoms. The fourth-order valence-corrected chi connectivity index (χ4v) is 5.32. The lowest BCUT2D eigenvalue weighted by atomic mass is 9.95. The van der Waals surface area contributed by atoms with E-state index in [-0.39, 0.29) is 5.57 Å². The Morgan fingerprint density at radius 3 is 2.33 bits per heavy atom. The van der Waals surface area contributed by atoms with Crippen molar-refractivity contribution < 1.29 is 19.4 Å². The van der Waals surface area contributed by atoms with Gasteiger partial charge in [0, 0.05) is 16.1 Å². The Morgan fingerprint density at radius 1 is 0.975 bits per heavy atom. The average molecular weight is 556 g/mol. The molecule has 1 heterocycles. The molecule has 1 fully saturated rings. The topological polar surface area (TPSA) is 76.4 Å². The molecule has 1 aromatic heterocycles. The van der Waals surface area contributed by atoms with Crippen molar-refractivity contribution >= 4 is 23.6 Å². The van der Waals surface area contributed by atoms with Crippen LogP contribution in [-0.2, 0) is 11.4 Å². The molecular weight excluding hydrogens is 524 g/mol. The number of aliphatic carboxylic acids is 1. The van der Waals surface area contributed by atoms with Gasteiger partial charge in [0.25, 0.3) is 0 Å². The summed E-state index contributed by atoms with van der Waals surface area (Å²) in [6.45, 7) is 1.90. The van der Waals surface area contributed by atoms with Gasteiger partial charge in [0.15, 0.2) is 0 Å². The molecule has 0 bridgehead atoms. The second-order valence-corrected chi connectivity index (χ2v) is 10.6. The summed E-state index contributed by atoms with van der Waals surface area (Å²) in [5, 5.41) is 16.8. The first-order valence-corrected chi connectivity index (χ1v) is 13.9. The largest absolute Gasteiger partial charge is 0.545 e. The van der Waals surface area contributed by atoms with Crippen molar-refractivity contribution in [3.8, 4) is 33.9 Å². The van der Waals surface area contributed by atoms with Crippen LogP contribution in [0.1, 0.15) is 56.3 Å². The first-order valence-electron chi connectivity index (χ1n) is 13.6. The monoisotopic (exact) mass is 555 g/mol. The summed E-state index contributed by atoms with van der Waals surface area (Å²) in [5.74, 6) is 0.317. The van der Waals surface area contributed by atoms with Crippen LogP contribution in [0, 0.1) is 0 Å². The van der Waals surface area contributed by atoms with E-state index in [1.807, 2.05) is 72.8 Å². The molecule has 5 rings (SSSR count). The minimum Gasteiger partial charge on any atom is -0.545 e. The van der Waals surface area contributed by atoms with Gasteiger partial charge in [0.1, 0.15) is 18.1 Å². The number of aromatic nitrogens is 2. The number of carbonyl (C=O) groups excluding carboxylic acids is 1. The zero-order valence-corrected chi connectivity index (χ0v) is 23.5. The normalized spacial score (nSPS) is 14.2. The number of rotatable bonds is 9. The molecule has 7 heteroatoms. The first-order chi connectivity index (χ1) is 19.4. The minimum atomic E-state index is -1.19. The second kappa shape index (κ2) is 12.4. The van der Waals surface area contributed by atoms with Crippen LogP contribution in [0.25, 0.3) is 28.5 Å². The summed E-state index contributed by atoms with van der Waals surface area (Å²) in [5.41, 5.74) is 5.84. The molecule has 0 unspecified atom stereocenters. The Labute approximate surface area is 239 Å². The predicted octanol–water partition coefficient (Wildman–Crippen LogP) is 7.12. The van der Waals surface area contributed by atoms with E-state index in [4.69, 9.17) is 26.2 Å². The zero-order chi connectivity index (χ0) is 28.1. The number of carboxylic acid groups (broad SMARTS) is 1. The van der Waals surface area contributed by atoms with E-state index in [0.29, 0.717) is 23.4 Å². The van der Waals surface area contributed by atoms with Gasteiger partial charge in [0.05, 0.1) is 30.5 Å². The molecule has 206 valence electrons. The number of hydrogen-bond donors (Lipinski definition) is 0. The van der Waals surface area contributed by atoms with Crippen LogP contribution in [-0.4, -0.2) is 22.9 Å². The molecular formula is C33H32ClN2O4-. The highest BCUT2D eigenvalue weighted by atomic mass is 35.5. The van der Waals surface area contributed by atoms with Crippen LogP contribution in [0.4, 0.5) is 0 Å². The molecule has 3 aromatic carbocycles. The Bertz CT molecular complexity index is 1500. The maximum atomic E-state index is 11.3. The molecule has 4 aromatic rings. The van der Waals surface area contributed by atoms with Crippen molar-refractivity contribution in [2.45, 2.75) is 51.7 Å². The van der Waals surface area contributed by atoms with Crippen LogP contribution in [0.2, 0.25) is 5.02 Å². The summed E-state index contributed by atoms with van der Waals surface area (Å²) in [6.07, 6.45) is 7.28. The molecule has 6 nitrogen and oxygen atoms in total. The van der Waals surface area contributed by atoms with Crippen LogP contribution >= 0.6 is 11.6 Å². The highest BCUT2D eigenvalue weighted by Gasteiger charge is 2.20. The summed E-state index contributed by atoms with van der Waals surface area (Å²) in [6, 6.07) is 23.9. The van der Waals surface area contributed by atoms with Gasteiger partial charge < -0.3 is 19.4 Å². The zero-order valence-electron chi connectivity index (χ0n) is 22.7. The molecule has 1 saturated carbocycles. The van der Waals surface area contributed by atoms with Crippen molar-refractivity contribution in [1.29, 1.82) is 0 Å². The van der Waals surface area contributed by atoms with E-state index in [1.54, 1.807) is 13.2 Å². The molecule has 40 heavy (non-hydrogen) atoms. The SMILES string of the molecule is COc1ccc(-c2ccc(Cl)cc2)c(COc2ccc(-c3cc(/C=C(\C)C(=O)[O-])nn3C3CCCCC3)cc2)c1. The number of hydrogen-bond acceptors (Lipinski definition) is 5. The minimum absolute atomic E-state index is 0.152. The number of carboxylic acids is 1. The molecule has 0 saturated heterocycles. The number of benzene rings is 3. The van der Waals surface area contributed by atoms with E-state index in [9.17, 15) is 9.90 Å². The van der Waals surface area contributed by atoms with Gasteiger partial charge in [-0.2, -0.15) is 5.10 Å². The summed E-state index contributed by atoms with van der Waals surface area (Å²) in [7, 11) is 1.65. The standard InChI is InChI=1S/C33H33ClN2O4/c1-22(33(37)38)18-27-20-32(36(35-27)28-6-4-3-5-7-28)24-10-14-29(15-11-24)40-21-25-19-30(39-2)16-17-31(25)23-8-12-26(34)13-9-23/h8-20,28H,3-7,21H2,1-2H3,(H,37,38)/p-1/b22-18+. The maximum absolute atomic E-state index is 11.3.